The normalized spacial score (nSPS) is 17.4. The lowest BCUT2D eigenvalue weighted by molar-refractivity contribution is 0.305. The van der Waals surface area contributed by atoms with Gasteiger partial charge in [-0.3, -0.25) is 0 Å². The molecule has 0 saturated carbocycles. The van der Waals surface area contributed by atoms with Gasteiger partial charge in [-0.15, -0.1) is 0 Å². The standard InChI is InChI=1S/C7H7OS/c1-8-6-2-4-7(9)5-3-6/h2-3H,4H2,1H3. The summed E-state index contributed by atoms with van der Waals surface area (Å²) in [6.07, 6.45) is 7.38. The van der Waals surface area contributed by atoms with Crippen LogP contribution in [0.2, 0.25) is 0 Å². The molecule has 0 saturated heterocycles. The summed E-state index contributed by atoms with van der Waals surface area (Å²) in [6.45, 7) is 0. The molecule has 0 unspecified atom stereocenters. The van der Waals surface area contributed by atoms with Crippen molar-refractivity contribution in [3.8, 4) is 0 Å². The number of rotatable bonds is 1. The molecule has 0 aromatic carbocycles. The Morgan fingerprint density at radius 1 is 1.78 bits per heavy atom. The molecule has 0 amide bonds. The summed E-state index contributed by atoms with van der Waals surface area (Å²) in [5.74, 6) is 0.851. The minimum atomic E-state index is 0.787. The minimum absolute atomic E-state index is 0.787. The van der Waals surface area contributed by atoms with E-state index in [1.807, 2.05) is 6.08 Å². The summed E-state index contributed by atoms with van der Waals surface area (Å²) in [4.78, 5) is 0.843. The topological polar surface area (TPSA) is 9.23 Å². The Kier molecular flexibility index (Phi) is 2.01. The number of hydrogen-bond donors (Lipinski definition) is 0. The van der Waals surface area contributed by atoms with Gasteiger partial charge in [-0.1, -0.05) is 12.2 Å². The summed E-state index contributed by atoms with van der Waals surface area (Å²) >= 11 is 4.86. The molecule has 0 aromatic heterocycles. The van der Waals surface area contributed by atoms with Crippen molar-refractivity contribution in [2.45, 2.75) is 6.42 Å². The first-order chi connectivity index (χ1) is 4.33. The molecule has 0 aromatic rings. The number of thiocarbonyl (C=S) groups is 1. The van der Waals surface area contributed by atoms with Gasteiger partial charge in [0.2, 0.25) is 0 Å². The summed E-state index contributed by atoms with van der Waals surface area (Å²) < 4.78 is 4.92. The van der Waals surface area contributed by atoms with Crippen LogP contribution in [0.25, 0.3) is 0 Å². The highest BCUT2D eigenvalue weighted by molar-refractivity contribution is 7.80. The van der Waals surface area contributed by atoms with E-state index >= 15 is 0 Å². The lowest BCUT2D eigenvalue weighted by atomic mass is 10.2. The maximum Gasteiger partial charge on any atom is 0.115 e. The van der Waals surface area contributed by atoms with Gasteiger partial charge < -0.3 is 4.74 Å². The molecule has 1 radical (unpaired) electrons. The second-order valence-corrected chi connectivity index (χ2v) is 2.22. The summed E-state index contributed by atoms with van der Waals surface area (Å²) in [6, 6.07) is 0. The molecule has 1 aliphatic rings. The van der Waals surface area contributed by atoms with Gasteiger partial charge in [0.1, 0.15) is 5.76 Å². The lowest BCUT2D eigenvalue weighted by Crippen LogP contribution is -1.95. The van der Waals surface area contributed by atoms with Crippen molar-refractivity contribution in [2.75, 3.05) is 7.11 Å². The molecule has 0 spiro atoms. The SMILES string of the molecule is COC1=CCC(=S)[C]=C1. The Hall–Kier alpha value is -0.630. The van der Waals surface area contributed by atoms with Gasteiger partial charge in [0.25, 0.3) is 0 Å². The predicted molar refractivity (Wildman–Crippen MR) is 40.1 cm³/mol. The highest BCUT2D eigenvalue weighted by Gasteiger charge is 1.98. The number of hydrogen-bond acceptors (Lipinski definition) is 2. The van der Waals surface area contributed by atoms with E-state index in [0.29, 0.717) is 0 Å². The Balaban J connectivity index is 2.63. The van der Waals surface area contributed by atoms with Gasteiger partial charge in [-0.25, -0.2) is 0 Å². The van der Waals surface area contributed by atoms with Crippen molar-refractivity contribution in [1.82, 2.24) is 0 Å². The summed E-state index contributed by atoms with van der Waals surface area (Å²) in [7, 11) is 1.64. The van der Waals surface area contributed by atoms with Crippen LogP contribution in [-0.2, 0) is 4.74 Å². The molecule has 47 valence electrons. The van der Waals surface area contributed by atoms with Crippen LogP contribution in [0.5, 0.6) is 0 Å². The molecule has 0 bridgehead atoms. The molecule has 0 atom stereocenters. The van der Waals surface area contributed by atoms with Crippen molar-refractivity contribution in [1.29, 1.82) is 0 Å². The molecular weight excluding hydrogens is 132 g/mol. The number of allylic oxidation sites excluding steroid dienone is 3. The summed E-state index contributed by atoms with van der Waals surface area (Å²) in [5, 5.41) is 0. The molecule has 0 heterocycles. The zero-order chi connectivity index (χ0) is 6.69. The second-order valence-electron chi connectivity index (χ2n) is 1.73. The third-order valence-corrected chi connectivity index (χ3v) is 1.38. The monoisotopic (exact) mass is 139 g/mol. The van der Waals surface area contributed by atoms with E-state index in [2.05, 4.69) is 6.08 Å². The van der Waals surface area contributed by atoms with Crippen LogP contribution in [-0.4, -0.2) is 12.0 Å². The van der Waals surface area contributed by atoms with E-state index in [1.165, 1.54) is 0 Å². The highest BCUT2D eigenvalue weighted by Crippen LogP contribution is 2.06. The Morgan fingerprint density at radius 2 is 2.56 bits per heavy atom. The van der Waals surface area contributed by atoms with Crippen LogP contribution in [0.3, 0.4) is 0 Å². The van der Waals surface area contributed by atoms with Gasteiger partial charge in [0.15, 0.2) is 0 Å². The van der Waals surface area contributed by atoms with Crippen LogP contribution in [0.1, 0.15) is 6.42 Å². The largest absolute Gasteiger partial charge is 0.497 e. The lowest BCUT2D eigenvalue weighted by Gasteiger charge is -2.03. The summed E-state index contributed by atoms with van der Waals surface area (Å²) in [5.41, 5.74) is 0. The van der Waals surface area contributed by atoms with Crippen molar-refractivity contribution in [3.05, 3.63) is 24.0 Å². The van der Waals surface area contributed by atoms with E-state index in [0.717, 1.165) is 17.0 Å². The van der Waals surface area contributed by atoms with E-state index in [-0.39, 0.29) is 0 Å². The molecule has 0 aliphatic heterocycles. The van der Waals surface area contributed by atoms with E-state index in [9.17, 15) is 0 Å². The molecule has 0 fully saturated rings. The van der Waals surface area contributed by atoms with Crippen LogP contribution in [0, 0.1) is 6.08 Å². The quantitative estimate of drug-likeness (QED) is 0.511. The van der Waals surface area contributed by atoms with E-state index < -0.39 is 0 Å². The average Bonchev–Trinajstić information content (AvgIpc) is 1.90. The number of methoxy groups -OCH3 is 1. The maximum atomic E-state index is 4.92. The Morgan fingerprint density at radius 3 is 3.00 bits per heavy atom. The van der Waals surface area contributed by atoms with E-state index in [4.69, 9.17) is 17.0 Å². The van der Waals surface area contributed by atoms with Crippen LogP contribution >= 0.6 is 12.2 Å². The van der Waals surface area contributed by atoms with Gasteiger partial charge in [-0.05, 0) is 12.2 Å². The first-order valence-electron chi connectivity index (χ1n) is 2.69. The third-order valence-electron chi connectivity index (χ3n) is 1.10. The van der Waals surface area contributed by atoms with E-state index in [1.54, 1.807) is 13.2 Å². The van der Waals surface area contributed by atoms with Crippen LogP contribution in [0.15, 0.2) is 17.9 Å². The number of ether oxygens (including phenoxy) is 1. The predicted octanol–water partition coefficient (Wildman–Crippen LogP) is 1.65. The maximum absolute atomic E-state index is 4.92. The zero-order valence-corrected chi connectivity index (χ0v) is 5.99. The van der Waals surface area contributed by atoms with Gasteiger partial charge in [0.05, 0.1) is 7.11 Å². The minimum Gasteiger partial charge on any atom is -0.497 e. The fourth-order valence-corrected chi connectivity index (χ4v) is 0.747. The van der Waals surface area contributed by atoms with Crippen LogP contribution in [0.4, 0.5) is 0 Å². The Bertz CT molecular complexity index is 179. The molecule has 2 heteroatoms. The van der Waals surface area contributed by atoms with Crippen molar-refractivity contribution in [3.63, 3.8) is 0 Å². The molecular formula is C7H7OS. The fraction of sp³-hybridized carbons (Fsp3) is 0.286. The smallest absolute Gasteiger partial charge is 0.115 e. The first kappa shape index (κ1) is 6.49. The second kappa shape index (κ2) is 2.78. The van der Waals surface area contributed by atoms with Crippen molar-refractivity contribution >= 4 is 17.1 Å². The molecule has 9 heavy (non-hydrogen) atoms. The molecule has 0 N–H and O–H groups in total. The van der Waals surface area contributed by atoms with Crippen molar-refractivity contribution < 1.29 is 4.74 Å². The molecule has 1 aliphatic carbocycles. The first-order valence-corrected chi connectivity index (χ1v) is 3.10. The molecule has 1 nitrogen and oxygen atoms in total. The van der Waals surface area contributed by atoms with Gasteiger partial charge in [0, 0.05) is 17.4 Å². The van der Waals surface area contributed by atoms with Gasteiger partial charge >= 0.3 is 0 Å². The fourth-order valence-electron chi connectivity index (χ4n) is 0.605. The zero-order valence-electron chi connectivity index (χ0n) is 5.18. The van der Waals surface area contributed by atoms with Gasteiger partial charge in [-0.2, -0.15) is 0 Å². The average molecular weight is 139 g/mol. The highest BCUT2D eigenvalue weighted by atomic mass is 32.1. The molecule has 1 rings (SSSR count). The van der Waals surface area contributed by atoms with Crippen molar-refractivity contribution in [2.24, 2.45) is 0 Å². The third kappa shape index (κ3) is 1.64. The van der Waals surface area contributed by atoms with Crippen LogP contribution < -0.4 is 0 Å². The Labute approximate surface area is 60.0 Å².